The lowest BCUT2D eigenvalue weighted by Crippen LogP contribution is -2.13. The summed E-state index contributed by atoms with van der Waals surface area (Å²) in [4.78, 5) is 13.9. The molecule has 2 heterocycles. The molecule has 114 valence electrons. The third-order valence-corrected chi connectivity index (χ3v) is 4.16. The minimum atomic E-state index is 0.0125. The van der Waals surface area contributed by atoms with Gasteiger partial charge in [-0.25, -0.2) is 9.97 Å². The van der Waals surface area contributed by atoms with Gasteiger partial charge in [-0.3, -0.25) is 0 Å². The first kappa shape index (κ1) is 15.5. The lowest BCUT2D eigenvalue weighted by molar-refractivity contribution is 0.234. The normalized spacial score (nSPS) is 12.4. The molecule has 0 fully saturated rings. The van der Waals surface area contributed by atoms with Gasteiger partial charge in [0.2, 0.25) is 5.88 Å². The number of aryl methyl sites for hydroxylation is 1. The van der Waals surface area contributed by atoms with Crippen LogP contribution in [0.15, 0.2) is 12.5 Å². The van der Waals surface area contributed by atoms with Crippen molar-refractivity contribution in [2.45, 2.75) is 46.3 Å². The van der Waals surface area contributed by atoms with Crippen LogP contribution in [0, 0.1) is 0 Å². The van der Waals surface area contributed by atoms with E-state index >= 15 is 0 Å². The quantitative estimate of drug-likeness (QED) is 0.853. The van der Waals surface area contributed by atoms with Gasteiger partial charge in [0.25, 0.3) is 0 Å². The number of thiazole rings is 1. The Morgan fingerprint density at radius 1 is 1.29 bits per heavy atom. The molecule has 0 saturated carbocycles. The second-order valence-corrected chi connectivity index (χ2v) is 6.14. The largest absolute Gasteiger partial charge is 0.473 e. The molecule has 2 rings (SSSR count). The van der Waals surface area contributed by atoms with Crippen LogP contribution in [0.25, 0.3) is 0 Å². The average molecular weight is 307 g/mol. The molecule has 1 atom stereocenters. The van der Waals surface area contributed by atoms with Crippen molar-refractivity contribution in [1.82, 2.24) is 15.0 Å². The molecular formula is C14H21N5OS. The third kappa shape index (κ3) is 3.81. The smallest absolute Gasteiger partial charge is 0.242 e. The van der Waals surface area contributed by atoms with Crippen LogP contribution in [0.3, 0.4) is 0 Å². The highest BCUT2D eigenvalue weighted by atomic mass is 32.1. The number of hydrogen-bond donors (Lipinski definition) is 2. The molecule has 0 saturated heterocycles. The number of nitrogens with two attached hydrogens (primary N) is 1. The van der Waals surface area contributed by atoms with E-state index in [1.807, 2.05) is 27.0 Å². The van der Waals surface area contributed by atoms with Gasteiger partial charge in [0.15, 0.2) is 5.82 Å². The fourth-order valence-corrected chi connectivity index (χ4v) is 2.62. The Hall–Kier alpha value is -1.89. The molecule has 0 aliphatic rings. The molecule has 0 aliphatic heterocycles. The first-order valence-electron chi connectivity index (χ1n) is 6.99. The fourth-order valence-electron chi connectivity index (χ4n) is 1.76. The van der Waals surface area contributed by atoms with Gasteiger partial charge in [-0.2, -0.15) is 4.98 Å². The summed E-state index contributed by atoms with van der Waals surface area (Å²) < 4.78 is 5.57. The number of anilines is 2. The van der Waals surface area contributed by atoms with Crippen molar-refractivity contribution in [3.63, 3.8) is 0 Å². The number of hydrogen-bond acceptors (Lipinski definition) is 7. The van der Waals surface area contributed by atoms with Crippen LogP contribution in [0.1, 0.15) is 43.6 Å². The number of aromatic nitrogens is 3. The third-order valence-electron chi connectivity index (χ3n) is 2.84. The Balaban J connectivity index is 2.15. The van der Waals surface area contributed by atoms with Crippen molar-refractivity contribution >= 4 is 22.8 Å². The summed E-state index contributed by atoms with van der Waals surface area (Å²) in [7, 11) is 0. The molecule has 0 amide bonds. The standard InChI is InChI=1S/C14H21N5OS/c1-5-10-6-16-14(21-10)9(4)19-12-11(15)13(18-7-17-12)20-8(2)3/h6-9H,5,15H2,1-4H3,(H,17,18,19). The lowest BCUT2D eigenvalue weighted by atomic mass is 10.3. The highest BCUT2D eigenvalue weighted by Gasteiger charge is 2.15. The van der Waals surface area contributed by atoms with Crippen molar-refractivity contribution in [3.05, 3.63) is 22.4 Å². The second-order valence-electron chi connectivity index (χ2n) is 4.99. The minimum absolute atomic E-state index is 0.0125. The number of nitrogen functional groups attached to an aromatic ring is 1. The molecule has 0 spiro atoms. The van der Waals surface area contributed by atoms with Crippen molar-refractivity contribution in [2.24, 2.45) is 0 Å². The van der Waals surface area contributed by atoms with Gasteiger partial charge in [-0.15, -0.1) is 11.3 Å². The van der Waals surface area contributed by atoms with Crippen LogP contribution < -0.4 is 15.8 Å². The zero-order valence-electron chi connectivity index (χ0n) is 12.8. The summed E-state index contributed by atoms with van der Waals surface area (Å²) in [6, 6.07) is 0.0272. The SMILES string of the molecule is CCc1cnc(C(C)Nc2ncnc(OC(C)C)c2N)s1. The Labute approximate surface area is 128 Å². The topological polar surface area (TPSA) is 86.0 Å². The van der Waals surface area contributed by atoms with E-state index in [0.29, 0.717) is 17.4 Å². The predicted octanol–water partition coefficient (Wildman–Crippen LogP) is 3.04. The molecule has 2 aromatic rings. The first-order valence-corrected chi connectivity index (χ1v) is 7.81. The maximum Gasteiger partial charge on any atom is 0.242 e. The number of nitrogens with one attached hydrogen (secondary N) is 1. The molecule has 21 heavy (non-hydrogen) atoms. The van der Waals surface area contributed by atoms with E-state index in [4.69, 9.17) is 10.5 Å². The van der Waals surface area contributed by atoms with Crippen LogP contribution in [0.2, 0.25) is 0 Å². The van der Waals surface area contributed by atoms with E-state index in [9.17, 15) is 0 Å². The minimum Gasteiger partial charge on any atom is -0.473 e. The maximum absolute atomic E-state index is 6.06. The maximum atomic E-state index is 6.06. The number of ether oxygens (including phenoxy) is 1. The molecular weight excluding hydrogens is 286 g/mol. The van der Waals surface area contributed by atoms with Gasteiger partial charge in [0.05, 0.1) is 12.1 Å². The van der Waals surface area contributed by atoms with Gasteiger partial charge in [-0.05, 0) is 27.2 Å². The predicted molar refractivity (Wildman–Crippen MR) is 85.7 cm³/mol. The van der Waals surface area contributed by atoms with E-state index in [0.717, 1.165) is 11.4 Å². The highest BCUT2D eigenvalue weighted by Crippen LogP contribution is 2.29. The average Bonchev–Trinajstić information content (AvgIpc) is 2.91. The summed E-state index contributed by atoms with van der Waals surface area (Å²) in [5.74, 6) is 0.976. The number of rotatable bonds is 6. The van der Waals surface area contributed by atoms with Gasteiger partial charge >= 0.3 is 0 Å². The molecule has 1 unspecified atom stereocenters. The van der Waals surface area contributed by atoms with Crippen LogP contribution in [0.5, 0.6) is 5.88 Å². The summed E-state index contributed by atoms with van der Waals surface area (Å²) in [6.07, 6.45) is 4.36. The van der Waals surface area contributed by atoms with Crippen molar-refractivity contribution < 1.29 is 4.74 Å². The molecule has 0 aliphatic carbocycles. The Morgan fingerprint density at radius 2 is 2.05 bits per heavy atom. The van der Waals surface area contributed by atoms with E-state index in [1.165, 1.54) is 11.2 Å². The monoisotopic (exact) mass is 307 g/mol. The first-order chi connectivity index (χ1) is 10.0. The summed E-state index contributed by atoms with van der Waals surface area (Å²) >= 11 is 1.69. The Morgan fingerprint density at radius 3 is 2.67 bits per heavy atom. The molecule has 6 nitrogen and oxygen atoms in total. The molecule has 7 heteroatoms. The van der Waals surface area contributed by atoms with Crippen molar-refractivity contribution in [1.29, 1.82) is 0 Å². The molecule has 0 bridgehead atoms. The zero-order valence-corrected chi connectivity index (χ0v) is 13.6. The molecule has 0 radical (unpaired) electrons. The van der Waals surface area contributed by atoms with Gasteiger partial charge in [-0.1, -0.05) is 6.92 Å². The second kappa shape index (κ2) is 6.71. The van der Waals surface area contributed by atoms with E-state index < -0.39 is 0 Å². The van der Waals surface area contributed by atoms with Gasteiger partial charge in [0.1, 0.15) is 17.0 Å². The van der Waals surface area contributed by atoms with E-state index in [-0.39, 0.29) is 12.1 Å². The number of nitrogens with zero attached hydrogens (tertiary/aromatic N) is 3. The Bertz CT molecular complexity index is 599. The summed E-state index contributed by atoms with van der Waals surface area (Å²) in [6.45, 7) is 8.01. The molecule has 0 aromatic carbocycles. The van der Waals surface area contributed by atoms with Crippen LogP contribution >= 0.6 is 11.3 Å². The fraction of sp³-hybridized carbons (Fsp3) is 0.500. The van der Waals surface area contributed by atoms with E-state index in [1.54, 1.807) is 11.3 Å². The summed E-state index contributed by atoms with van der Waals surface area (Å²) in [5.41, 5.74) is 6.48. The Kier molecular flexibility index (Phi) is 4.95. The van der Waals surface area contributed by atoms with E-state index in [2.05, 4.69) is 27.2 Å². The highest BCUT2D eigenvalue weighted by molar-refractivity contribution is 7.11. The lowest BCUT2D eigenvalue weighted by Gasteiger charge is -2.16. The van der Waals surface area contributed by atoms with Crippen molar-refractivity contribution in [2.75, 3.05) is 11.1 Å². The van der Waals surface area contributed by atoms with Crippen LogP contribution in [0.4, 0.5) is 11.5 Å². The van der Waals surface area contributed by atoms with Crippen molar-refractivity contribution in [3.8, 4) is 5.88 Å². The summed E-state index contributed by atoms with van der Waals surface area (Å²) in [5, 5.41) is 4.28. The van der Waals surface area contributed by atoms with Gasteiger partial charge < -0.3 is 15.8 Å². The molecule has 3 N–H and O–H groups in total. The van der Waals surface area contributed by atoms with Gasteiger partial charge in [0, 0.05) is 11.1 Å². The zero-order chi connectivity index (χ0) is 15.4. The molecule has 2 aromatic heterocycles. The van der Waals surface area contributed by atoms with Crippen LogP contribution in [-0.4, -0.2) is 21.1 Å². The van der Waals surface area contributed by atoms with Crippen LogP contribution in [-0.2, 0) is 6.42 Å².